The highest BCUT2D eigenvalue weighted by Gasteiger charge is 2.30. The lowest BCUT2D eigenvalue weighted by molar-refractivity contribution is 0.418. The summed E-state index contributed by atoms with van der Waals surface area (Å²) in [6.45, 7) is 2.48. The zero-order valence-electron chi connectivity index (χ0n) is 12.2. The molecule has 6 nitrogen and oxygen atoms in total. The molecule has 0 spiro atoms. The van der Waals surface area contributed by atoms with E-state index in [0.717, 1.165) is 5.69 Å². The minimum atomic E-state index is -2.88. The molecule has 0 bridgehead atoms. The third kappa shape index (κ3) is 4.01. The number of anilines is 1. The molecule has 118 valence electrons. The van der Waals surface area contributed by atoms with Crippen LogP contribution in [0.1, 0.15) is 17.9 Å². The SMILES string of the molecule is Cc1ccc(NCc2nnc(SC3CCS(=O)(=O)C3)o2)cc1. The van der Waals surface area contributed by atoms with Crippen LogP contribution in [0.4, 0.5) is 5.69 Å². The van der Waals surface area contributed by atoms with Crippen LogP contribution in [0.2, 0.25) is 0 Å². The van der Waals surface area contributed by atoms with Crippen LogP contribution in [0.3, 0.4) is 0 Å². The van der Waals surface area contributed by atoms with Crippen LogP contribution >= 0.6 is 11.8 Å². The number of hydrogen-bond acceptors (Lipinski definition) is 7. The molecule has 2 heterocycles. The van der Waals surface area contributed by atoms with E-state index in [2.05, 4.69) is 15.5 Å². The van der Waals surface area contributed by atoms with Crippen molar-refractivity contribution in [1.82, 2.24) is 10.2 Å². The number of rotatable bonds is 5. The lowest BCUT2D eigenvalue weighted by Crippen LogP contribution is -2.05. The van der Waals surface area contributed by atoms with Gasteiger partial charge in [-0.3, -0.25) is 0 Å². The molecule has 3 rings (SSSR count). The third-order valence-electron chi connectivity index (χ3n) is 3.40. The average Bonchev–Trinajstić information content (AvgIpc) is 3.05. The van der Waals surface area contributed by atoms with Crippen molar-refractivity contribution >= 4 is 27.3 Å². The molecule has 1 N–H and O–H groups in total. The number of hydrogen-bond donors (Lipinski definition) is 1. The molecule has 0 aliphatic carbocycles. The summed E-state index contributed by atoms with van der Waals surface area (Å²) in [6.07, 6.45) is 0.645. The van der Waals surface area contributed by atoms with E-state index in [4.69, 9.17) is 4.42 Å². The van der Waals surface area contributed by atoms with Gasteiger partial charge in [-0.15, -0.1) is 10.2 Å². The van der Waals surface area contributed by atoms with Gasteiger partial charge in [0.25, 0.3) is 5.22 Å². The van der Waals surface area contributed by atoms with E-state index in [0.29, 0.717) is 24.1 Å². The Morgan fingerprint density at radius 3 is 2.77 bits per heavy atom. The Hall–Kier alpha value is -1.54. The maximum Gasteiger partial charge on any atom is 0.276 e. The monoisotopic (exact) mass is 339 g/mol. The third-order valence-corrected chi connectivity index (χ3v) is 6.48. The molecule has 8 heteroatoms. The van der Waals surface area contributed by atoms with Crippen LogP contribution < -0.4 is 5.32 Å². The predicted octanol–water partition coefficient (Wildman–Crippen LogP) is 2.27. The zero-order chi connectivity index (χ0) is 15.6. The molecule has 1 aliphatic rings. The molecule has 1 aromatic heterocycles. The summed E-state index contributed by atoms with van der Waals surface area (Å²) in [5, 5.41) is 11.6. The van der Waals surface area contributed by atoms with Gasteiger partial charge in [0, 0.05) is 10.9 Å². The van der Waals surface area contributed by atoms with E-state index >= 15 is 0 Å². The molecular weight excluding hydrogens is 322 g/mol. The summed E-state index contributed by atoms with van der Waals surface area (Å²) in [5.74, 6) is 0.932. The molecule has 1 saturated heterocycles. The Kier molecular flexibility index (Phi) is 4.39. The van der Waals surface area contributed by atoms with E-state index in [9.17, 15) is 8.42 Å². The van der Waals surface area contributed by atoms with Crippen LogP contribution in [0.25, 0.3) is 0 Å². The summed E-state index contributed by atoms with van der Waals surface area (Å²) < 4.78 is 28.4. The molecule has 1 aliphatic heterocycles. The van der Waals surface area contributed by atoms with Gasteiger partial charge in [0.15, 0.2) is 9.84 Å². The van der Waals surface area contributed by atoms with Crippen molar-refractivity contribution in [2.45, 2.75) is 30.4 Å². The summed E-state index contributed by atoms with van der Waals surface area (Å²) in [4.78, 5) is 0. The van der Waals surface area contributed by atoms with Crippen molar-refractivity contribution in [1.29, 1.82) is 0 Å². The molecule has 2 aromatic rings. The second-order valence-corrected chi connectivity index (χ2v) is 8.80. The molecule has 22 heavy (non-hydrogen) atoms. The quantitative estimate of drug-likeness (QED) is 0.894. The van der Waals surface area contributed by atoms with Crippen molar-refractivity contribution in [2.24, 2.45) is 0 Å². The van der Waals surface area contributed by atoms with Crippen LogP contribution in [0, 0.1) is 6.92 Å². The summed E-state index contributed by atoms with van der Waals surface area (Å²) >= 11 is 1.35. The molecule has 1 atom stereocenters. The van der Waals surface area contributed by atoms with Crippen molar-refractivity contribution in [3.63, 3.8) is 0 Å². The van der Waals surface area contributed by atoms with Crippen molar-refractivity contribution in [3.05, 3.63) is 35.7 Å². The Morgan fingerprint density at radius 2 is 2.09 bits per heavy atom. The van der Waals surface area contributed by atoms with Gasteiger partial charge in [0.2, 0.25) is 5.89 Å². The molecule has 1 aromatic carbocycles. The first-order valence-electron chi connectivity index (χ1n) is 7.00. The van der Waals surface area contributed by atoms with Crippen molar-refractivity contribution in [3.8, 4) is 0 Å². The topological polar surface area (TPSA) is 85.1 Å². The Labute approximate surface area is 133 Å². The second kappa shape index (κ2) is 6.29. The number of nitrogens with zero attached hydrogens (tertiary/aromatic N) is 2. The van der Waals surface area contributed by atoms with E-state index in [1.165, 1.54) is 17.3 Å². The minimum absolute atomic E-state index is 0.0170. The van der Waals surface area contributed by atoms with Gasteiger partial charge in [0.05, 0.1) is 18.1 Å². The number of aryl methyl sites for hydroxylation is 1. The summed E-state index contributed by atoms with van der Waals surface area (Å²) in [5.41, 5.74) is 2.19. The fraction of sp³-hybridized carbons (Fsp3) is 0.429. The van der Waals surface area contributed by atoms with Crippen LogP contribution in [-0.2, 0) is 16.4 Å². The second-order valence-electron chi connectivity index (χ2n) is 5.32. The van der Waals surface area contributed by atoms with Crippen molar-refractivity contribution in [2.75, 3.05) is 16.8 Å². The molecule has 0 saturated carbocycles. The van der Waals surface area contributed by atoms with E-state index in [1.54, 1.807) is 0 Å². The first-order chi connectivity index (χ1) is 10.5. The molecule has 0 radical (unpaired) electrons. The van der Waals surface area contributed by atoms with Crippen LogP contribution in [0.5, 0.6) is 0 Å². The Morgan fingerprint density at radius 1 is 1.32 bits per heavy atom. The van der Waals surface area contributed by atoms with Crippen LogP contribution in [0.15, 0.2) is 33.9 Å². The smallest absolute Gasteiger partial charge is 0.276 e. The summed E-state index contributed by atoms with van der Waals surface area (Å²) in [6, 6.07) is 8.03. The Bertz CT molecular complexity index is 741. The number of benzene rings is 1. The van der Waals surface area contributed by atoms with Gasteiger partial charge in [-0.25, -0.2) is 8.42 Å². The van der Waals surface area contributed by atoms with Gasteiger partial charge < -0.3 is 9.73 Å². The molecular formula is C14H17N3O3S2. The maximum atomic E-state index is 11.4. The number of aromatic nitrogens is 2. The van der Waals surface area contributed by atoms with Gasteiger partial charge in [-0.2, -0.15) is 0 Å². The molecule has 1 fully saturated rings. The lowest BCUT2D eigenvalue weighted by Gasteiger charge is -2.03. The predicted molar refractivity (Wildman–Crippen MR) is 85.7 cm³/mol. The molecule has 0 amide bonds. The standard InChI is InChI=1S/C14H17N3O3S2/c1-10-2-4-11(5-3-10)15-8-13-16-17-14(20-13)21-12-6-7-22(18,19)9-12/h2-5,12,15H,6-9H2,1H3. The van der Waals surface area contributed by atoms with Gasteiger partial charge in [-0.1, -0.05) is 29.5 Å². The van der Waals surface area contributed by atoms with E-state index in [-0.39, 0.29) is 16.8 Å². The maximum absolute atomic E-state index is 11.4. The van der Waals surface area contributed by atoms with E-state index in [1.807, 2.05) is 31.2 Å². The van der Waals surface area contributed by atoms with E-state index < -0.39 is 9.84 Å². The summed E-state index contributed by atoms with van der Waals surface area (Å²) in [7, 11) is -2.88. The minimum Gasteiger partial charge on any atom is -0.414 e. The normalized spacial score (nSPS) is 20.1. The average molecular weight is 339 g/mol. The van der Waals surface area contributed by atoms with Gasteiger partial charge in [0.1, 0.15) is 0 Å². The molecule has 1 unspecified atom stereocenters. The lowest BCUT2D eigenvalue weighted by atomic mass is 10.2. The number of sulfone groups is 1. The highest BCUT2D eigenvalue weighted by Crippen LogP contribution is 2.30. The van der Waals surface area contributed by atoms with Gasteiger partial charge >= 0.3 is 0 Å². The van der Waals surface area contributed by atoms with Gasteiger partial charge in [-0.05, 0) is 25.5 Å². The highest BCUT2D eigenvalue weighted by atomic mass is 32.2. The largest absolute Gasteiger partial charge is 0.414 e. The van der Waals surface area contributed by atoms with Crippen molar-refractivity contribution < 1.29 is 12.8 Å². The fourth-order valence-electron chi connectivity index (χ4n) is 2.20. The van der Waals surface area contributed by atoms with Crippen LogP contribution in [-0.4, -0.2) is 35.4 Å². The number of nitrogens with one attached hydrogen (secondary N) is 1. The first kappa shape index (κ1) is 15.4. The first-order valence-corrected chi connectivity index (χ1v) is 9.70. The fourth-order valence-corrected chi connectivity index (χ4v) is 5.54. The Balaban J connectivity index is 1.54. The highest BCUT2D eigenvalue weighted by molar-refractivity contribution is 8.01. The zero-order valence-corrected chi connectivity index (χ0v) is 13.8. The number of thioether (sulfide) groups is 1.